The van der Waals surface area contributed by atoms with E-state index in [0.717, 1.165) is 19.4 Å². The molecule has 4 heteroatoms. The second kappa shape index (κ2) is 4.83. The zero-order valence-corrected chi connectivity index (χ0v) is 7.82. The van der Waals surface area contributed by atoms with Crippen molar-refractivity contribution in [1.29, 1.82) is 5.26 Å². The molecule has 0 aromatic rings. The minimum absolute atomic E-state index is 0.0137. The number of likely N-dealkylation sites (tertiary alicyclic amines) is 1. The van der Waals surface area contributed by atoms with Gasteiger partial charge in [0.05, 0.1) is 18.7 Å². The number of rotatable bonds is 3. The topological polar surface area (TPSA) is 53.3 Å². The molecule has 1 atom stereocenters. The number of carbonyl (C=O) groups excluding carboxylic acids is 1. The first kappa shape index (κ1) is 10.0. The van der Waals surface area contributed by atoms with Gasteiger partial charge in [-0.2, -0.15) is 5.26 Å². The van der Waals surface area contributed by atoms with E-state index in [-0.39, 0.29) is 18.4 Å². The molecule has 0 radical (unpaired) electrons. The van der Waals surface area contributed by atoms with Crippen LogP contribution in [-0.4, -0.2) is 37.1 Å². The summed E-state index contributed by atoms with van der Waals surface area (Å²) in [7, 11) is 1.63. The van der Waals surface area contributed by atoms with E-state index in [0.29, 0.717) is 6.61 Å². The molecule has 1 saturated heterocycles. The maximum Gasteiger partial charge on any atom is 0.237 e. The van der Waals surface area contributed by atoms with E-state index < -0.39 is 0 Å². The Morgan fingerprint density at radius 3 is 3.15 bits per heavy atom. The Morgan fingerprint density at radius 1 is 1.77 bits per heavy atom. The van der Waals surface area contributed by atoms with Crippen LogP contribution < -0.4 is 0 Å². The predicted octanol–water partition coefficient (Wildman–Crippen LogP) is 0.537. The molecule has 0 aromatic carbocycles. The van der Waals surface area contributed by atoms with Gasteiger partial charge in [0.2, 0.25) is 5.91 Å². The molecule has 13 heavy (non-hydrogen) atoms. The maximum absolute atomic E-state index is 11.4. The van der Waals surface area contributed by atoms with Crippen molar-refractivity contribution in [2.75, 3.05) is 20.3 Å². The van der Waals surface area contributed by atoms with Crippen molar-refractivity contribution in [2.24, 2.45) is 0 Å². The van der Waals surface area contributed by atoms with Crippen LogP contribution in [0.15, 0.2) is 0 Å². The summed E-state index contributed by atoms with van der Waals surface area (Å²) in [5.41, 5.74) is 0. The molecule has 0 saturated carbocycles. The van der Waals surface area contributed by atoms with Gasteiger partial charge in [-0.25, -0.2) is 0 Å². The monoisotopic (exact) mass is 182 g/mol. The van der Waals surface area contributed by atoms with Crippen LogP contribution in [0.4, 0.5) is 0 Å². The summed E-state index contributed by atoms with van der Waals surface area (Å²) in [4.78, 5) is 13.1. The first-order valence-electron chi connectivity index (χ1n) is 4.45. The highest BCUT2D eigenvalue weighted by molar-refractivity contribution is 5.78. The van der Waals surface area contributed by atoms with Gasteiger partial charge in [-0.1, -0.05) is 0 Å². The summed E-state index contributed by atoms with van der Waals surface area (Å²) < 4.78 is 5.01. The summed E-state index contributed by atoms with van der Waals surface area (Å²) >= 11 is 0. The van der Waals surface area contributed by atoms with Crippen LogP contribution in [0.25, 0.3) is 0 Å². The van der Waals surface area contributed by atoms with Crippen LogP contribution in [0.3, 0.4) is 0 Å². The first-order valence-corrected chi connectivity index (χ1v) is 4.45. The third kappa shape index (κ3) is 2.43. The summed E-state index contributed by atoms with van der Waals surface area (Å²) in [6.07, 6.45) is 2.00. The van der Waals surface area contributed by atoms with Crippen molar-refractivity contribution in [2.45, 2.75) is 25.3 Å². The van der Waals surface area contributed by atoms with Crippen molar-refractivity contribution >= 4 is 5.91 Å². The number of amides is 1. The fraction of sp³-hybridized carbons (Fsp3) is 0.778. The molecule has 1 fully saturated rings. The standard InChI is InChI=1S/C9H14N2O2/c1-13-7-8-3-2-6-11(8)9(12)4-5-10/h8H,2-4,6-7H2,1H3. The Labute approximate surface area is 78.1 Å². The lowest BCUT2D eigenvalue weighted by Gasteiger charge is -2.22. The smallest absolute Gasteiger partial charge is 0.237 e. The highest BCUT2D eigenvalue weighted by atomic mass is 16.5. The fourth-order valence-corrected chi connectivity index (χ4v) is 1.70. The van der Waals surface area contributed by atoms with Gasteiger partial charge in [-0.15, -0.1) is 0 Å². The number of nitrogens with zero attached hydrogens (tertiary/aromatic N) is 2. The summed E-state index contributed by atoms with van der Waals surface area (Å²) in [6, 6.07) is 2.06. The Balaban J connectivity index is 2.48. The molecule has 72 valence electrons. The van der Waals surface area contributed by atoms with Crippen molar-refractivity contribution in [3.63, 3.8) is 0 Å². The van der Waals surface area contributed by atoms with Crippen molar-refractivity contribution in [1.82, 2.24) is 4.90 Å². The molecule has 0 aliphatic carbocycles. The zero-order chi connectivity index (χ0) is 9.68. The van der Waals surface area contributed by atoms with E-state index in [4.69, 9.17) is 10.00 Å². The second-order valence-corrected chi connectivity index (χ2v) is 3.17. The van der Waals surface area contributed by atoms with Gasteiger partial charge in [0, 0.05) is 13.7 Å². The SMILES string of the molecule is COCC1CCCN1C(=O)CC#N. The zero-order valence-electron chi connectivity index (χ0n) is 7.82. The van der Waals surface area contributed by atoms with E-state index in [1.165, 1.54) is 0 Å². The molecule has 1 aliphatic heterocycles. The Morgan fingerprint density at radius 2 is 2.54 bits per heavy atom. The second-order valence-electron chi connectivity index (χ2n) is 3.17. The van der Waals surface area contributed by atoms with Crippen LogP contribution in [0, 0.1) is 11.3 Å². The minimum Gasteiger partial charge on any atom is -0.383 e. The number of carbonyl (C=O) groups is 1. The quantitative estimate of drug-likeness (QED) is 0.640. The number of nitriles is 1. The van der Waals surface area contributed by atoms with Crippen LogP contribution in [-0.2, 0) is 9.53 Å². The maximum atomic E-state index is 11.4. The van der Waals surface area contributed by atoms with Gasteiger partial charge in [0.15, 0.2) is 0 Å². The molecule has 1 rings (SSSR count). The third-order valence-electron chi connectivity index (χ3n) is 2.29. The summed E-state index contributed by atoms with van der Waals surface area (Å²) in [6.45, 7) is 1.35. The molecule has 1 unspecified atom stereocenters. The van der Waals surface area contributed by atoms with Crippen LogP contribution in [0.1, 0.15) is 19.3 Å². The van der Waals surface area contributed by atoms with E-state index >= 15 is 0 Å². The average Bonchev–Trinajstić information content (AvgIpc) is 2.54. The van der Waals surface area contributed by atoms with Crippen molar-refractivity contribution < 1.29 is 9.53 Å². The van der Waals surface area contributed by atoms with Gasteiger partial charge >= 0.3 is 0 Å². The normalized spacial score (nSPS) is 21.5. The van der Waals surface area contributed by atoms with E-state index in [9.17, 15) is 4.79 Å². The first-order chi connectivity index (χ1) is 6.29. The Bertz CT molecular complexity index is 222. The van der Waals surface area contributed by atoms with Crippen LogP contribution in [0.2, 0.25) is 0 Å². The van der Waals surface area contributed by atoms with E-state index in [1.54, 1.807) is 12.0 Å². The van der Waals surface area contributed by atoms with Crippen molar-refractivity contribution in [3.05, 3.63) is 0 Å². The lowest BCUT2D eigenvalue weighted by atomic mass is 10.2. The van der Waals surface area contributed by atoms with Crippen LogP contribution in [0.5, 0.6) is 0 Å². The molecule has 0 aromatic heterocycles. The largest absolute Gasteiger partial charge is 0.383 e. The van der Waals surface area contributed by atoms with Gasteiger partial charge in [-0.05, 0) is 12.8 Å². The molecule has 1 amide bonds. The van der Waals surface area contributed by atoms with E-state index in [2.05, 4.69) is 0 Å². The lowest BCUT2D eigenvalue weighted by molar-refractivity contribution is -0.131. The number of hydrogen-bond donors (Lipinski definition) is 0. The van der Waals surface area contributed by atoms with Crippen LogP contribution >= 0.6 is 0 Å². The molecule has 0 N–H and O–H groups in total. The number of ether oxygens (including phenoxy) is 1. The molecular weight excluding hydrogens is 168 g/mol. The molecular formula is C9H14N2O2. The minimum atomic E-state index is -0.0675. The van der Waals surface area contributed by atoms with Gasteiger partial charge < -0.3 is 9.64 Å². The van der Waals surface area contributed by atoms with Crippen molar-refractivity contribution in [3.8, 4) is 6.07 Å². The molecule has 0 bridgehead atoms. The third-order valence-corrected chi connectivity index (χ3v) is 2.29. The molecule has 1 aliphatic rings. The number of hydrogen-bond acceptors (Lipinski definition) is 3. The Kier molecular flexibility index (Phi) is 3.71. The van der Waals surface area contributed by atoms with E-state index in [1.807, 2.05) is 6.07 Å². The summed E-state index contributed by atoms with van der Waals surface area (Å²) in [5.74, 6) is -0.0675. The highest BCUT2D eigenvalue weighted by Gasteiger charge is 2.27. The molecule has 0 spiro atoms. The fourth-order valence-electron chi connectivity index (χ4n) is 1.70. The summed E-state index contributed by atoms with van der Waals surface area (Å²) in [5, 5.41) is 8.38. The van der Waals surface area contributed by atoms with Gasteiger partial charge in [0.1, 0.15) is 6.42 Å². The molecule has 1 heterocycles. The average molecular weight is 182 g/mol. The Hall–Kier alpha value is -1.08. The number of methoxy groups -OCH3 is 1. The predicted molar refractivity (Wildman–Crippen MR) is 46.8 cm³/mol. The highest BCUT2D eigenvalue weighted by Crippen LogP contribution is 2.17. The molecule has 4 nitrogen and oxygen atoms in total. The lowest BCUT2D eigenvalue weighted by Crippen LogP contribution is -2.37. The van der Waals surface area contributed by atoms with Gasteiger partial charge in [0.25, 0.3) is 0 Å². The van der Waals surface area contributed by atoms with Gasteiger partial charge in [-0.3, -0.25) is 4.79 Å².